The Morgan fingerprint density at radius 3 is 2.69 bits per heavy atom. The number of likely N-dealkylation sites (tertiary alicyclic amines) is 1. The Morgan fingerprint density at radius 2 is 1.91 bits per heavy atom. The van der Waals surface area contributed by atoms with Gasteiger partial charge in [0.15, 0.2) is 5.88 Å². The molecule has 164 valence electrons. The lowest BCUT2D eigenvalue weighted by molar-refractivity contribution is 0.0790. The molecule has 3 aromatic rings. The summed E-state index contributed by atoms with van der Waals surface area (Å²) in [7, 11) is 0. The molecule has 1 aliphatic rings. The molecule has 32 heavy (non-hydrogen) atoms. The Labute approximate surface area is 192 Å². The van der Waals surface area contributed by atoms with Crippen molar-refractivity contribution in [2.45, 2.75) is 19.4 Å². The third kappa shape index (κ3) is 4.94. The average molecular weight is 451 g/mol. The highest BCUT2D eigenvalue weighted by Gasteiger charge is 2.28. The molecule has 4 nitrogen and oxygen atoms in total. The number of nitrogens with zero attached hydrogens (tertiary/aromatic N) is 1. The van der Waals surface area contributed by atoms with E-state index in [0.717, 1.165) is 23.1 Å². The molecule has 0 aliphatic carbocycles. The molecule has 0 bridgehead atoms. The molecule has 0 spiro atoms. The number of halogens is 2. The third-order valence-electron chi connectivity index (χ3n) is 5.54. The lowest BCUT2D eigenvalue weighted by atomic mass is 9.99. The molecule has 1 N–H and O–H groups in total. The monoisotopic (exact) mass is 450 g/mol. The van der Waals surface area contributed by atoms with Gasteiger partial charge in [-0.2, -0.15) is 0 Å². The molecule has 0 saturated carbocycles. The number of hydrogen-bond donors (Lipinski definition) is 1. The largest absolute Gasteiger partial charge is 0.442 e. The zero-order chi connectivity index (χ0) is 22.7. The second kappa shape index (κ2) is 9.45. The molecule has 1 aliphatic heterocycles. The summed E-state index contributed by atoms with van der Waals surface area (Å²) in [5.74, 6) is 0.711. The van der Waals surface area contributed by atoms with Crippen LogP contribution in [-0.4, -0.2) is 29.9 Å². The highest BCUT2D eigenvalue weighted by Crippen LogP contribution is 2.27. The first-order valence-corrected chi connectivity index (χ1v) is 10.8. The number of benzene rings is 3. The van der Waals surface area contributed by atoms with Crippen LogP contribution in [0.3, 0.4) is 0 Å². The summed E-state index contributed by atoms with van der Waals surface area (Å²) in [5.41, 5.74) is 3.16. The summed E-state index contributed by atoms with van der Waals surface area (Å²) >= 11 is 6.05. The van der Waals surface area contributed by atoms with Crippen LogP contribution in [0, 0.1) is 12.7 Å². The van der Waals surface area contributed by atoms with E-state index in [1.165, 1.54) is 12.1 Å². The average Bonchev–Trinajstić information content (AvgIpc) is 3.24. The Bertz CT molecular complexity index is 1150. The van der Waals surface area contributed by atoms with Gasteiger partial charge in [0.1, 0.15) is 11.6 Å². The van der Waals surface area contributed by atoms with E-state index in [1.54, 1.807) is 18.2 Å². The molecule has 1 fully saturated rings. The van der Waals surface area contributed by atoms with Gasteiger partial charge in [0.2, 0.25) is 0 Å². The van der Waals surface area contributed by atoms with E-state index in [4.69, 9.17) is 16.3 Å². The molecule has 1 amide bonds. The second-order valence-electron chi connectivity index (χ2n) is 7.87. The molecule has 1 unspecified atom stereocenters. The summed E-state index contributed by atoms with van der Waals surface area (Å²) in [6.07, 6.45) is 0.779. The number of amides is 1. The van der Waals surface area contributed by atoms with Crippen molar-refractivity contribution >= 4 is 17.5 Å². The predicted molar refractivity (Wildman–Crippen MR) is 125 cm³/mol. The third-order valence-corrected chi connectivity index (χ3v) is 5.77. The van der Waals surface area contributed by atoms with Gasteiger partial charge in [-0.3, -0.25) is 4.79 Å². The van der Waals surface area contributed by atoms with Crippen molar-refractivity contribution in [2.24, 2.45) is 0 Å². The Kier molecular flexibility index (Phi) is 6.47. The predicted octanol–water partition coefficient (Wildman–Crippen LogP) is 5.81. The van der Waals surface area contributed by atoms with Crippen molar-refractivity contribution in [3.63, 3.8) is 0 Å². The minimum Gasteiger partial charge on any atom is -0.442 e. The summed E-state index contributed by atoms with van der Waals surface area (Å²) < 4.78 is 19.2. The molecule has 1 saturated heterocycles. The molecule has 0 radical (unpaired) electrons. The standard InChI is InChI=1S/C26H24ClFN2O2/c1-17-7-10-20(27)15-25(17)32-18(2)29-22-13-14-30(16-22)26(31)24-6-4-3-5-23(24)19-8-11-21(28)12-9-19/h3-12,15,22,29H,2,13-14,16H2,1H3. The van der Waals surface area contributed by atoms with E-state index in [-0.39, 0.29) is 17.8 Å². The maximum Gasteiger partial charge on any atom is 0.254 e. The summed E-state index contributed by atoms with van der Waals surface area (Å²) in [5, 5.41) is 3.86. The van der Waals surface area contributed by atoms with Crippen molar-refractivity contribution in [1.29, 1.82) is 0 Å². The highest BCUT2D eigenvalue weighted by molar-refractivity contribution is 6.30. The number of nitrogens with one attached hydrogen (secondary N) is 1. The number of hydrogen-bond acceptors (Lipinski definition) is 3. The van der Waals surface area contributed by atoms with Gasteiger partial charge in [-0.1, -0.05) is 48.0 Å². The van der Waals surface area contributed by atoms with Crippen molar-refractivity contribution in [1.82, 2.24) is 10.2 Å². The normalized spacial score (nSPS) is 15.5. The van der Waals surface area contributed by atoms with E-state index < -0.39 is 0 Å². The summed E-state index contributed by atoms with van der Waals surface area (Å²) in [6, 6.07) is 19.1. The topological polar surface area (TPSA) is 41.6 Å². The van der Waals surface area contributed by atoms with Crippen LogP contribution in [-0.2, 0) is 0 Å². The molecule has 4 rings (SSSR count). The van der Waals surface area contributed by atoms with Crippen LogP contribution < -0.4 is 10.1 Å². The smallest absolute Gasteiger partial charge is 0.254 e. The number of aryl methyl sites for hydroxylation is 1. The molecule has 6 heteroatoms. The van der Waals surface area contributed by atoms with Crippen LogP contribution >= 0.6 is 11.6 Å². The van der Waals surface area contributed by atoms with Gasteiger partial charge in [-0.05, 0) is 66.9 Å². The number of ether oxygens (including phenoxy) is 1. The van der Waals surface area contributed by atoms with Crippen molar-refractivity contribution in [3.05, 3.63) is 101 Å². The zero-order valence-corrected chi connectivity index (χ0v) is 18.5. The van der Waals surface area contributed by atoms with Gasteiger partial charge >= 0.3 is 0 Å². The van der Waals surface area contributed by atoms with E-state index in [1.807, 2.05) is 48.2 Å². The number of rotatable bonds is 6. The van der Waals surface area contributed by atoms with Gasteiger partial charge in [0, 0.05) is 29.7 Å². The first-order chi connectivity index (χ1) is 15.4. The molecule has 1 heterocycles. The van der Waals surface area contributed by atoms with E-state index in [0.29, 0.717) is 35.3 Å². The van der Waals surface area contributed by atoms with Crippen LogP contribution in [0.2, 0.25) is 5.02 Å². The fraction of sp³-hybridized carbons (Fsp3) is 0.192. The van der Waals surface area contributed by atoms with E-state index >= 15 is 0 Å². The van der Waals surface area contributed by atoms with E-state index in [2.05, 4.69) is 11.9 Å². The lowest BCUT2D eigenvalue weighted by Gasteiger charge is -2.20. The van der Waals surface area contributed by atoms with Crippen LogP contribution in [0.5, 0.6) is 5.75 Å². The molecular weight excluding hydrogens is 427 g/mol. The van der Waals surface area contributed by atoms with Crippen LogP contribution in [0.1, 0.15) is 22.3 Å². The summed E-state index contributed by atoms with van der Waals surface area (Å²) in [6.45, 7) is 7.06. The van der Waals surface area contributed by atoms with Crippen LogP contribution in [0.25, 0.3) is 11.1 Å². The van der Waals surface area contributed by atoms with Gasteiger partial charge in [-0.15, -0.1) is 0 Å². The van der Waals surface area contributed by atoms with Crippen LogP contribution in [0.4, 0.5) is 4.39 Å². The molecule has 1 atom stereocenters. The Hall–Kier alpha value is -3.31. The highest BCUT2D eigenvalue weighted by atomic mass is 35.5. The SMILES string of the molecule is C=C(NC1CCN(C(=O)c2ccccc2-c2ccc(F)cc2)C1)Oc1cc(Cl)ccc1C. The quantitative estimate of drug-likeness (QED) is 0.482. The van der Waals surface area contributed by atoms with Crippen molar-refractivity contribution in [3.8, 4) is 16.9 Å². The van der Waals surface area contributed by atoms with Crippen molar-refractivity contribution < 1.29 is 13.9 Å². The van der Waals surface area contributed by atoms with Gasteiger partial charge < -0.3 is 15.0 Å². The van der Waals surface area contributed by atoms with Crippen molar-refractivity contribution in [2.75, 3.05) is 13.1 Å². The zero-order valence-electron chi connectivity index (χ0n) is 17.8. The first-order valence-electron chi connectivity index (χ1n) is 10.4. The molecule has 0 aromatic heterocycles. The number of carbonyl (C=O) groups excluding carboxylic acids is 1. The van der Waals surface area contributed by atoms with Gasteiger partial charge in [0.25, 0.3) is 5.91 Å². The maximum atomic E-state index is 13.3. The second-order valence-corrected chi connectivity index (χ2v) is 8.31. The Balaban J connectivity index is 1.42. The molecular formula is C26H24ClFN2O2. The fourth-order valence-corrected chi connectivity index (χ4v) is 4.02. The minimum atomic E-state index is -0.304. The van der Waals surface area contributed by atoms with E-state index in [9.17, 15) is 9.18 Å². The summed E-state index contributed by atoms with van der Waals surface area (Å²) in [4.78, 5) is 15.1. The van der Waals surface area contributed by atoms with Gasteiger partial charge in [0.05, 0.1) is 0 Å². The molecule has 3 aromatic carbocycles. The number of carbonyl (C=O) groups is 1. The fourth-order valence-electron chi connectivity index (χ4n) is 3.86. The van der Waals surface area contributed by atoms with Crippen LogP contribution in [0.15, 0.2) is 79.2 Å². The maximum absolute atomic E-state index is 13.3. The first kappa shape index (κ1) is 21.9. The Morgan fingerprint density at radius 1 is 1.16 bits per heavy atom. The lowest BCUT2D eigenvalue weighted by Crippen LogP contribution is -2.35. The van der Waals surface area contributed by atoms with Gasteiger partial charge in [-0.25, -0.2) is 4.39 Å². The minimum absolute atomic E-state index is 0.0314.